The lowest BCUT2D eigenvalue weighted by Gasteiger charge is -2.07. The Balaban J connectivity index is 1.18. The zero-order valence-corrected chi connectivity index (χ0v) is 18.4. The number of amides is 2. The van der Waals surface area contributed by atoms with Crippen LogP contribution in [-0.4, -0.2) is 32.0 Å². The maximum absolute atomic E-state index is 13.3. The molecule has 2 amide bonds. The zero-order valence-electron chi connectivity index (χ0n) is 17.6. The van der Waals surface area contributed by atoms with Crippen LogP contribution in [0.5, 0.6) is 0 Å². The Labute approximate surface area is 197 Å². The molecule has 168 valence electrons. The lowest BCUT2D eigenvalue weighted by Crippen LogP contribution is -2.41. The Morgan fingerprint density at radius 1 is 0.912 bits per heavy atom. The Kier molecular flexibility index (Phi) is 5.79. The largest absolute Gasteiger partial charge is 0.279 e. The number of nitrogens with one attached hydrogen (secondary N) is 2. The van der Waals surface area contributed by atoms with Crippen LogP contribution in [0.2, 0.25) is 0 Å². The molecule has 0 bridgehead atoms. The molecule has 34 heavy (non-hydrogen) atoms. The van der Waals surface area contributed by atoms with Gasteiger partial charge in [-0.2, -0.15) is 4.80 Å². The number of hydrogen-bond donors (Lipinski definition) is 2. The molecule has 10 heteroatoms. The van der Waals surface area contributed by atoms with Crippen molar-refractivity contribution < 1.29 is 14.0 Å². The van der Waals surface area contributed by atoms with Crippen molar-refractivity contribution in [2.45, 2.75) is 6.54 Å². The zero-order chi connectivity index (χ0) is 23.5. The average Bonchev–Trinajstić information content (AvgIpc) is 3.50. The van der Waals surface area contributed by atoms with Crippen molar-refractivity contribution in [3.8, 4) is 11.4 Å². The van der Waals surface area contributed by atoms with Gasteiger partial charge in [0.15, 0.2) is 0 Å². The van der Waals surface area contributed by atoms with Crippen LogP contribution in [0, 0.1) is 5.82 Å². The fourth-order valence-corrected chi connectivity index (χ4v) is 4.25. The maximum atomic E-state index is 13.3. The quantitative estimate of drug-likeness (QED) is 0.379. The minimum absolute atomic E-state index is 0.367. The number of carbonyl (C=O) groups is 2. The summed E-state index contributed by atoms with van der Waals surface area (Å²) in [5, 5.41) is 13.2. The van der Waals surface area contributed by atoms with E-state index in [1.807, 2.05) is 30.3 Å². The number of hydrazine groups is 1. The highest BCUT2D eigenvalue weighted by Gasteiger charge is 2.13. The van der Waals surface area contributed by atoms with Crippen molar-refractivity contribution in [2.24, 2.45) is 0 Å². The number of aromatic nitrogens is 4. The highest BCUT2D eigenvalue weighted by atomic mass is 32.1. The molecule has 8 nitrogen and oxygen atoms in total. The van der Waals surface area contributed by atoms with Gasteiger partial charge in [0.2, 0.25) is 5.82 Å². The Morgan fingerprint density at radius 3 is 2.47 bits per heavy atom. The molecule has 0 spiro atoms. The Bertz CT molecular complexity index is 1480. The minimum atomic E-state index is -0.474. The fraction of sp³-hybridized carbons (Fsp3) is 0.0417. The van der Waals surface area contributed by atoms with Gasteiger partial charge < -0.3 is 0 Å². The molecule has 0 saturated carbocycles. The van der Waals surface area contributed by atoms with Gasteiger partial charge in [-0.15, -0.1) is 21.5 Å². The highest BCUT2D eigenvalue weighted by molar-refractivity contribution is 7.20. The molecule has 0 saturated heterocycles. The van der Waals surface area contributed by atoms with Gasteiger partial charge in [0.1, 0.15) is 5.82 Å². The maximum Gasteiger partial charge on any atom is 0.279 e. The second kappa shape index (κ2) is 9.20. The monoisotopic (exact) mass is 472 g/mol. The van der Waals surface area contributed by atoms with Gasteiger partial charge >= 0.3 is 0 Å². The van der Waals surface area contributed by atoms with Crippen molar-refractivity contribution in [2.75, 3.05) is 0 Å². The second-order valence-electron chi connectivity index (χ2n) is 7.41. The summed E-state index contributed by atoms with van der Waals surface area (Å²) in [6.45, 7) is 0.394. The van der Waals surface area contributed by atoms with Gasteiger partial charge in [-0.05, 0) is 52.6 Å². The summed E-state index contributed by atoms with van der Waals surface area (Å²) >= 11 is 1.22. The summed E-state index contributed by atoms with van der Waals surface area (Å²) in [6.07, 6.45) is 0. The number of halogens is 1. The molecular formula is C24H17FN6O2S. The molecule has 0 fully saturated rings. The molecular weight excluding hydrogens is 455 g/mol. The third-order valence-corrected chi connectivity index (χ3v) is 6.13. The fourth-order valence-electron chi connectivity index (χ4n) is 3.31. The molecule has 5 aromatic rings. The molecule has 0 aliphatic rings. The van der Waals surface area contributed by atoms with Crippen LogP contribution in [0.25, 0.3) is 21.5 Å². The van der Waals surface area contributed by atoms with Crippen LogP contribution in [0.4, 0.5) is 4.39 Å². The summed E-state index contributed by atoms with van der Waals surface area (Å²) in [7, 11) is 0. The third kappa shape index (κ3) is 4.66. The number of hydrogen-bond acceptors (Lipinski definition) is 6. The van der Waals surface area contributed by atoms with E-state index in [1.165, 1.54) is 28.3 Å². The van der Waals surface area contributed by atoms with E-state index >= 15 is 0 Å². The SMILES string of the molecule is O=C(NNC(=O)c1cc2cc(F)ccc2s1)c1ccc(Cn2nnc(-c3ccccc3)n2)cc1. The van der Waals surface area contributed by atoms with Crippen LogP contribution in [0.15, 0.2) is 78.9 Å². The predicted molar refractivity (Wildman–Crippen MR) is 126 cm³/mol. The topological polar surface area (TPSA) is 102 Å². The summed E-state index contributed by atoms with van der Waals surface area (Å²) < 4.78 is 14.1. The van der Waals surface area contributed by atoms with E-state index < -0.39 is 11.8 Å². The normalized spacial score (nSPS) is 10.9. The number of rotatable bonds is 5. The molecule has 5 rings (SSSR count). The van der Waals surface area contributed by atoms with Gasteiger partial charge in [0, 0.05) is 15.8 Å². The van der Waals surface area contributed by atoms with E-state index in [4.69, 9.17) is 0 Å². The highest BCUT2D eigenvalue weighted by Crippen LogP contribution is 2.26. The van der Waals surface area contributed by atoms with Crippen molar-refractivity contribution in [1.82, 2.24) is 31.1 Å². The summed E-state index contributed by atoms with van der Waals surface area (Å²) in [5.74, 6) is -0.767. The Hall–Kier alpha value is -4.44. The van der Waals surface area contributed by atoms with E-state index in [1.54, 1.807) is 36.4 Å². The molecule has 2 heterocycles. The standard InChI is InChI=1S/C24H17FN6O2S/c25-19-10-11-20-18(12-19)13-21(34-20)24(33)28-27-23(32)17-8-6-15(7-9-17)14-31-29-22(26-30-31)16-4-2-1-3-5-16/h1-13H,14H2,(H,27,32)(H,28,33). The lowest BCUT2D eigenvalue weighted by molar-refractivity contribution is 0.0849. The van der Waals surface area contributed by atoms with Crippen molar-refractivity contribution >= 4 is 33.2 Å². The van der Waals surface area contributed by atoms with Crippen molar-refractivity contribution in [3.63, 3.8) is 0 Å². The van der Waals surface area contributed by atoms with E-state index in [0.717, 1.165) is 15.8 Å². The molecule has 2 N–H and O–H groups in total. The number of fused-ring (bicyclic) bond motifs is 1. The molecule has 0 aliphatic carbocycles. The van der Waals surface area contributed by atoms with Gasteiger partial charge in [0.25, 0.3) is 11.8 Å². The molecule has 0 atom stereocenters. The first-order valence-electron chi connectivity index (χ1n) is 10.3. The smallest absolute Gasteiger partial charge is 0.267 e. The molecule has 0 unspecified atom stereocenters. The van der Waals surface area contributed by atoms with Crippen LogP contribution in [0.1, 0.15) is 25.6 Å². The Morgan fingerprint density at radius 2 is 1.68 bits per heavy atom. The van der Waals surface area contributed by atoms with Gasteiger partial charge in [0.05, 0.1) is 11.4 Å². The van der Waals surface area contributed by atoms with Crippen LogP contribution in [-0.2, 0) is 6.54 Å². The van der Waals surface area contributed by atoms with Crippen molar-refractivity contribution in [1.29, 1.82) is 0 Å². The molecule has 2 aromatic heterocycles. The number of benzene rings is 3. The third-order valence-electron chi connectivity index (χ3n) is 5.02. The van der Waals surface area contributed by atoms with E-state index in [0.29, 0.717) is 28.2 Å². The van der Waals surface area contributed by atoms with Crippen LogP contribution in [0.3, 0.4) is 0 Å². The number of nitrogens with zero attached hydrogens (tertiary/aromatic N) is 4. The number of carbonyl (C=O) groups excluding carboxylic acids is 2. The minimum Gasteiger partial charge on any atom is -0.267 e. The van der Waals surface area contributed by atoms with Crippen LogP contribution < -0.4 is 10.9 Å². The predicted octanol–water partition coefficient (Wildman–Crippen LogP) is 3.82. The first-order valence-corrected chi connectivity index (χ1v) is 11.1. The van der Waals surface area contributed by atoms with Gasteiger partial charge in [-0.3, -0.25) is 20.4 Å². The lowest BCUT2D eigenvalue weighted by atomic mass is 10.1. The van der Waals surface area contributed by atoms with Gasteiger partial charge in [-0.1, -0.05) is 42.5 Å². The number of tetrazole rings is 1. The molecule has 0 aliphatic heterocycles. The van der Waals surface area contributed by atoms with E-state index in [-0.39, 0.29) is 5.82 Å². The second-order valence-corrected chi connectivity index (χ2v) is 8.49. The molecule has 0 radical (unpaired) electrons. The molecule has 3 aromatic carbocycles. The number of thiophene rings is 1. The summed E-state index contributed by atoms with van der Waals surface area (Å²) in [6, 6.07) is 22.3. The van der Waals surface area contributed by atoms with E-state index in [2.05, 4.69) is 26.3 Å². The van der Waals surface area contributed by atoms with Gasteiger partial charge in [-0.25, -0.2) is 4.39 Å². The first-order chi connectivity index (χ1) is 16.5. The van der Waals surface area contributed by atoms with E-state index in [9.17, 15) is 14.0 Å². The summed E-state index contributed by atoms with van der Waals surface area (Å²) in [4.78, 5) is 26.6. The first kappa shape index (κ1) is 21.4. The van der Waals surface area contributed by atoms with Crippen LogP contribution >= 0.6 is 11.3 Å². The summed E-state index contributed by atoms with van der Waals surface area (Å²) in [5.41, 5.74) is 6.93. The van der Waals surface area contributed by atoms with Crippen molar-refractivity contribution in [3.05, 3.63) is 101 Å². The average molecular weight is 473 g/mol.